The highest BCUT2D eigenvalue weighted by atomic mass is 35.5. The molecule has 0 radical (unpaired) electrons. The van der Waals surface area contributed by atoms with Gasteiger partial charge in [-0.05, 0) is 14.0 Å². The fourth-order valence-electron chi connectivity index (χ4n) is 1.88. The molecule has 0 bridgehead atoms. The first-order valence-corrected chi connectivity index (χ1v) is 6.77. The van der Waals surface area contributed by atoms with Crippen molar-refractivity contribution in [2.45, 2.75) is 13.5 Å². The molecule has 3 aromatic heterocycles. The minimum Gasteiger partial charge on any atom is -0.314 e. The van der Waals surface area contributed by atoms with Crippen LogP contribution in [0.1, 0.15) is 11.4 Å². The van der Waals surface area contributed by atoms with E-state index in [1.807, 2.05) is 25.5 Å². The minimum atomic E-state index is 0.654. The summed E-state index contributed by atoms with van der Waals surface area (Å²) in [6.07, 6.45) is 3.81. The second-order valence-electron chi connectivity index (χ2n) is 3.98. The van der Waals surface area contributed by atoms with Crippen molar-refractivity contribution in [3.05, 3.63) is 34.2 Å². The highest BCUT2D eigenvalue weighted by Gasteiger charge is 2.15. The van der Waals surface area contributed by atoms with Gasteiger partial charge in [0.15, 0.2) is 10.8 Å². The summed E-state index contributed by atoms with van der Waals surface area (Å²) in [6, 6.07) is 0. The van der Waals surface area contributed by atoms with Gasteiger partial charge in [0.05, 0.1) is 22.6 Å². The van der Waals surface area contributed by atoms with Crippen LogP contribution in [0.25, 0.3) is 10.8 Å². The average molecular weight is 282 g/mol. The molecule has 0 spiro atoms. The Morgan fingerprint density at radius 3 is 3.00 bits per heavy atom. The normalized spacial score (nSPS) is 11.5. The zero-order valence-electron chi connectivity index (χ0n) is 10.0. The maximum absolute atomic E-state index is 6.05. The molecular weight excluding hydrogens is 270 g/mol. The Hall–Kier alpha value is -1.37. The molecule has 5 nitrogen and oxygen atoms in total. The second kappa shape index (κ2) is 4.38. The Balaban J connectivity index is 2.20. The first-order valence-electron chi connectivity index (χ1n) is 5.52. The van der Waals surface area contributed by atoms with Crippen molar-refractivity contribution in [1.29, 1.82) is 0 Å². The fourth-order valence-corrected chi connectivity index (χ4v) is 2.74. The first kappa shape index (κ1) is 11.7. The lowest BCUT2D eigenvalue weighted by atomic mass is 10.4. The van der Waals surface area contributed by atoms with E-state index in [4.69, 9.17) is 11.6 Å². The van der Waals surface area contributed by atoms with Crippen molar-refractivity contribution in [3.63, 3.8) is 0 Å². The van der Waals surface area contributed by atoms with Gasteiger partial charge in [-0.3, -0.25) is 4.40 Å². The van der Waals surface area contributed by atoms with Crippen molar-refractivity contribution in [2.24, 2.45) is 0 Å². The first-order chi connectivity index (χ1) is 8.70. The molecule has 3 rings (SSSR count). The number of aryl methyl sites for hydroxylation is 1. The number of aromatic nitrogens is 4. The standard InChI is InChI=1S/C11H12ClN5S/c1-7-8(12)6-17(15-7)10-9(5-13-2)16-3-4-18-11(16)14-10/h3-4,6,13H,5H2,1-2H3. The zero-order valence-corrected chi connectivity index (χ0v) is 11.6. The van der Waals surface area contributed by atoms with Crippen LogP contribution >= 0.6 is 22.9 Å². The molecule has 0 saturated carbocycles. The maximum atomic E-state index is 6.05. The van der Waals surface area contributed by atoms with Crippen LogP contribution in [0, 0.1) is 6.92 Å². The SMILES string of the molecule is CNCc1c(-n2cc(Cl)c(C)n2)nc2sccn12. The molecule has 3 heterocycles. The van der Waals surface area contributed by atoms with Crippen molar-refractivity contribution >= 4 is 27.9 Å². The molecule has 0 unspecified atom stereocenters. The molecule has 1 N–H and O–H groups in total. The van der Waals surface area contributed by atoms with Crippen molar-refractivity contribution in [1.82, 2.24) is 24.5 Å². The van der Waals surface area contributed by atoms with Crippen LogP contribution in [0.5, 0.6) is 0 Å². The Labute approximate surface area is 113 Å². The van der Waals surface area contributed by atoms with Crippen molar-refractivity contribution < 1.29 is 0 Å². The average Bonchev–Trinajstić information content (AvgIpc) is 2.98. The molecule has 3 aromatic rings. The number of nitrogens with one attached hydrogen (secondary N) is 1. The quantitative estimate of drug-likeness (QED) is 0.801. The van der Waals surface area contributed by atoms with Gasteiger partial charge in [0.25, 0.3) is 0 Å². The van der Waals surface area contributed by atoms with Gasteiger partial charge in [0, 0.05) is 18.1 Å². The zero-order chi connectivity index (χ0) is 12.7. The number of imidazole rings is 1. The monoisotopic (exact) mass is 281 g/mol. The van der Waals surface area contributed by atoms with Gasteiger partial charge in [-0.1, -0.05) is 11.6 Å². The van der Waals surface area contributed by atoms with Gasteiger partial charge in [0.1, 0.15) is 0 Å². The van der Waals surface area contributed by atoms with Crippen LogP contribution in [0.15, 0.2) is 17.8 Å². The summed E-state index contributed by atoms with van der Waals surface area (Å²) in [5, 5.41) is 10.2. The number of rotatable bonds is 3. The molecule has 94 valence electrons. The van der Waals surface area contributed by atoms with E-state index in [0.29, 0.717) is 5.02 Å². The minimum absolute atomic E-state index is 0.654. The van der Waals surface area contributed by atoms with E-state index in [1.165, 1.54) is 0 Å². The van der Waals surface area contributed by atoms with E-state index in [2.05, 4.69) is 19.8 Å². The van der Waals surface area contributed by atoms with E-state index in [1.54, 1.807) is 22.2 Å². The molecule has 0 atom stereocenters. The smallest absolute Gasteiger partial charge is 0.196 e. The van der Waals surface area contributed by atoms with Crippen LogP contribution in [0.2, 0.25) is 5.02 Å². The Kier molecular flexibility index (Phi) is 2.85. The van der Waals surface area contributed by atoms with E-state index in [9.17, 15) is 0 Å². The fraction of sp³-hybridized carbons (Fsp3) is 0.273. The number of thiazole rings is 1. The molecule has 0 aromatic carbocycles. The molecular formula is C11H12ClN5S. The van der Waals surface area contributed by atoms with Gasteiger partial charge in [-0.2, -0.15) is 10.1 Å². The van der Waals surface area contributed by atoms with Crippen LogP contribution in [-0.2, 0) is 6.54 Å². The molecule has 0 saturated heterocycles. The van der Waals surface area contributed by atoms with E-state index in [0.717, 1.165) is 28.7 Å². The Bertz CT molecular complexity index is 676. The molecule has 0 fully saturated rings. The Morgan fingerprint density at radius 2 is 2.33 bits per heavy atom. The van der Waals surface area contributed by atoms with Crippen molar-refractivity contribution in [3.8, 4) is 5.82 Å². The van der Waals surface area contributed by atoms with Crippen LogP contribution in [-0.4, -0.2) is 26.2 Å². The van der Waals surface area contributed by atoms with Crippen LogP contribution < -0.4 is 5.32 Å². The molecule has 0 aliphatic carbocycles. The summed E-state index contributed by atoms with van der Waals surface area (Å²) in [6.45, 7) is 2.61. The highest BCUT2D eigenvalue weighted by molar-refractivity contribution is 7.15. The maximum Gasteiger partial charge on any atom is 0.196 e. The largest absolute Gasteiger partial charge is 0.314 e. The van der Waals surface area contributed by atoms with E-state index < -0.39 is 0 Å². The van der Waals surface area contributed by atoms with Crippen molar-refractivity contribution in [2.75, 3.05) is 7.05 Å². The number of hydrogen-bond acceptors (Lipinski definition) is 4. The highest BCUT2D eigenvalue weighted by Crippen LogP contribution is 2.22. The molecule has 0 amide bonds. The summed E-state index contributed by atoms with van der Waals surface area (Å²) in [4.78, 5) is 5.56. The number of hydrogen-bond donors (Lipinski definition) is 1. The molecule has 0 aliphatic heterocycles. The van der Waals surface area contributed by atoms with Crippen LogP contribution in [0.4, 0.5) is 0 Å². The molecule has 7 heteroatoms. The van der Waals surface area contributed by atoms with E-state index >= 15 is 0 Å². The second-order valence-corrected chi connectivity index (χ2v) is 5.26. The summed E-state index contributed by atoms with van der Waals surface area (Å²) >= 11 is 7.65. The van der Waals surface area contributed by atoms with E-state index in [-0.39, 0.29) is 0 Å². The lowest BCUT2D eigenvalue weighted by Gasteiger charge is -2.02. The third-order valence-electron chi connectivity index (χ3n) is 2.74. The van der Waals surface area contributed by atoms with Crippen LogP contribution in [0.3, 0.4) is 0 Å². The summed E-state index contributed by atoms with van der Waals surface area (Å²) < 4.78 is 3.81. The predicted molar refractivity (Wildman–Crippen MR) is 72.7 cm³/mol. The van der Waals surface area contributed by atoms with Gasteiger partial charge in [-0.25, -0.2) is 4.68 Å². The van der Waals surface area contributed by atoms with Gasteiger partial charge in [0.2, 0.25) is 0 Å². The van der Waals surface area contributed by atoms with Gasteiger partial charge < -0.3 is 5.32 Å². The summed E-state index contributed by atoms with van der Waals surface area (Å²) in [5.41, 5.74) is 1.89. The Morgan fingerprint density at radius 1 is 1.50 bits per heavy atom. The lowest BCUT2D eigenvalue weighted by molar-refractivity contribution is 0.752. The third-order valence-corrected chi connectivity index (χ3v) is 3.87. The molecule has 0 aliphatic rings. The third kappa shape index (κ3) is 1.73. The predicted octanol–water partition coefficient (Wildman–Crippen LogP) is 2.26. The number of halogens is 1. The lowest BCUT2D eigenvalue weighted by Crippen LogP contribution is -2.10. The van der Waals surface area contributed by atoms with Gasteiger partial charge >= 0.3 is 0 Å². The summed E-state index contributed by atoms with van der Waals surface area (Å²) in [7, 11) is 1.91. The summed E-state index contributed by atoms with van der Waals surface area (Å²) in [5.74, 6) is 0.825. The topological polar surface area (TPSA) is 47.2 Å². The number of fused-ring (bicyclic) bond motifs is 1. The van der Waals surface area contributed by atoms with Gasteiger partial charge in [-0.15, -0.1) is 11.3 Å². The number of nitrogens with zero attached hydrogens (tertiary/aromatic N) is 4. The molecule has 18 heavy (non-hydrogen) atoms.